The van der Waals surface area contributed by atoms with E-state index in [1.807, 2.05) is 6.07 Å². The first-order valence-corrected chi connectivity index (χ1v) is 10.5. The van der Waals surface area contributed by atoms with E-state index in [0.717, 1.165) is 24.0 Å². The molecular weight excluding hydrogens is 428 g/mol. The Labute approximate surface area is 183 Å². The number of fused-ring (bicyclic) bond motifs is 1. The number of nitrogens with zero attached hydrogens (tertiary/aromatic N) is 3. The molecule has 1 saturated heterocycles. The number of benzene rings is 2. The predicted molar refractivity (Wildman–Crippen MR) is 117 cm³/mol. The molecule has 2 heterocycles. The minimum atomic E-state index is -0.815. The van der Waals surface area contributed by atoms with Gasteiger partial charge in [-0.2, -0.15) is 0 Å². The van der Waals surface area contributed by atoms with E-state index in [9.17, 15) is 14.3 Å². The Balaban J connectivity index is 1.89. The largest absolute Gasteiger partial charge is 0.481 e. The summed E-state index contributed by atoms with van der Waals surface area (Å²) in [7, 11) is 0. The Morgan fingerprint density at radius 2 is 2.00 bits per heavy atom. The van der Waals surface area contributed by atoms with Crippen LogP contribution < -0.4 is 4.90 Å². The first-order valence-electron chi connectivity index (χ1n) is 9.72. The monoisotopic (exact) mass is 447 g/mol. The predicted octanol–water partition coefficient (Wildman–Crippen LogP) is 5.82. The molecule has 0 saturated carbocycles. The smallest absolute Gasteiger partial charge is 0.303 e. The molecule has 5 nitrogen and oxygen atoms in total. The number of carboxylic acid groups (broad SMARTS) is 1. The number of piperidine rings is 1. The molecule has 1 aliphatic heterocycles. The van der Waals surface area contributed by atoms with Crippen LogP contribution in [-0.4, -0.2) is 33.6 Å². The second-order valence-electron chi connectivity index (χ2n) is 7.69. The van der Waals surface area contributed by atoms with Crippen LogP contribution in [0, 0.1) is 11.7 Å². The average molecular weight is 448 g/mol. The van der Waals surface area contributed by atoms with Gasteiger partial charge in [-0.1, -0.05) is 35.3 Å². The second-order valence-corrected chi connectivity index (χ2v) is 8.50. The van der Waals surface area contributed by atoms with Gasteiger partial charge in [0.05, 0.1) is 15.4 Å². The lowest BCUT2D eigenvalue weighted by molar-refractivity contribution is -0.138. The standard InChI is InChI=1S/C22H20Cl2FN3O2/c1-12-2-3-13(8-19(29)30)10-28(12)22-20-15(14-4-6-16(23)17(24)9-14)5-7-18(25)21(20)26-11-27-22/h4-7,9,11-13H,2-3,8,10H2,1H3,(H,29,30). The van der Waals surface area contributed by atoms with E-state index < -0.39 is 11.8 Å². The number of halogens is 3. The van der Waals surface area contributed by atoms with Crippen LogP contribution in [0.5, 0.6) is 0 Å². The topological polar surface area (TPSA) is 66.3 Å². The molecule has 1 N–H and O–H groups in total. The average Bonchev–Trinajstić information content (AvgIpc) is 2.71. The zero-order chi connectivity index (χ0) is 21.4. The molecule has 0 aliphatic carbocycles. The van der Waals surface area contributed by atoms with Gasteiger partial charge >= 0.3 is 5.97 Å². The summed E-state index contributed by atoms with van der Waals surface area (Å²) in [4.78, 5) is 22.0. The van der Waals surface area contributed by atoms with Crippen LogP contribution in [0.4, 0.5) is 10.2 Å². The molecule has 4 rings (SSSR count). The summed E-state index contributed by atoms with van der Waals surface area (Å²) in [6.45, 7) is 2.61. The van der Waals surface area contributed by atoms with Crippen molar-refractivity contribution in [2.24, 2.45) is 5.92 Å². The van der Waals surface area contributed by atoms with Crippen LogP contribution in [-0.2, 0) is 4.79 Å². The summed E-state index contributed by atoms with van der Waals surface area (Å²) in [5.41, 5.74) is 1.74. The summed E-state index contributed by atoms with van der Waals surface area (Å²) >= 11 is 12.3. The molecule has 1 aliphatic rings. The number of hydrogen-bond donors (Lipinski definition) is 1. The van der Waals surface area contributed by atoms with E-state index in [2.05, 4.69) is 21.8 Å². The van der Waals surface area contributed by atoms with Crippen LogP contribution in [0.25, 0.3) is 22.0 Å². The zero-order valence-electron chi connectivity index (χ0n) is 16.3. The maximum atomic E-state index is 14.7. The van der Waals surface area contributed by atoms with Gasteiger partial charge in [0.15, 0.2) is 0 Å². The highest BCUT2D eigenvalue weighted by Crippen LogP contribution is 2.39. The van der Waals surface area contributed by atoms with Gasteiger partial charge in [0, 0.05) is 19.0 Å². The molecule has 0 radical (unpaired) electrons. The molecule has 3 aromatic rings. The van der Waals surface area contributed by atoms with Crippen molar-refractivity contribution in [3.63, 3.8) is 0 Å². The van der Waals surface area contributed by atoms with E-state index in [1.54, 1.807) is 18.2 Å². The lowest BCUT2D eigenvalue weighted by Crippen LogP contribution is -2.43. The third-order valence-electron chi connectivity index (χ3n) is 5.66. The number of anilines is 1. The molecule has 2 aromatic carbocycles. The molecule has 1 fully saturated rings. The first-order chi connectivity index (χ1) is 14.3. The van der Waals surface area contributed by atoms with E-state index in [4.69, 9.17) is 23.2 Å². The van der Waals surface area contributed by atoms with Gasteiger partial charge in [0.25, 0.3) is 0 Å². The number of carboxylic acids is 1. The van der Waals surface area contributed by atoms with Crippen molar-refractivity contribution in [3.05, 3.63) is 52.5 Å². The lowest BCUT2D eigenvalue weighted by Gasteiger charge is -2.39. The van der Waals surface area contributed by atoms with Crippen molar-refractivity contribution in [1.82, 2.24) is 9.97 Å². The third-order valence-corrected chi connectivity index (χ3v) is 6.40. The lowest BCUT2D eigenvalue weighted by atomic mass is 9.90. The normalized spacial score (nSPS) is 19.3. The highest BCUT2D eigenvalue weighted by Gasteiger charge is 2.30. The Hall–Kier alpha value is -2.44. The number of aromatic nitrogens is 2. The Morgan fingerprint density at radius 3 is 2.73 bits per heavy atom. The Bertz CT molecular complexity index is 1120. The van der Waals surface area contributed by atoms with Gasteiger partial charge in [-0.25, -0.2) is 14.4 Å². The summed E-state index contributed by atoms with van der Waals surface area (Å²) < 4.78 is 14.7. The molecule has 0 spiro atoms. The number of rotatable bonds is 4. The molecule has 2 unspecified atom stereocenters. The summed E-state index contributed by atoms with van der Waals surface area (Å²) in [5.74, 6) is -0.650. The summed E-state index contributed by atoms with van der Waals surface area (Å²) in [5, 5.41) is 10.6. The molecule has 0 amide bonds. The van der Waals surface area contributed by atoms with Crippen LogP contribution >= 0.6 is 23.2 Å². The highest BCUT2D eigenvalue weighted by molar-refractivity contribution is 6.42. The van der Waals surface area contributed by atoms with Crippen molar-refractivity contribution >= 4 is 45.9 Å². The van der Waals surface area contributed by atoms with Crippen LogP contribution in [0.1, 0.15) is 26.2 Å². The van der Waals surface area contributed by atoms with Crippen LogP contribution in [0.3, 0.4) is 0 Å². The summed E-state index contributed by atoms with van der Waals surface area (Å²) in [6.07, 6.45) is 3.12. The van der Waals surface area contributed by atoms with Gasteiger partial charge in [-0.05, 0) is 55.0 Å². The molecule has 2 atom stereocenters. The zero-order valence-corrected chi connectivity index (χ0v) is 17.8. The third kappa shape index (κ3) is 3.94. The van der Waals surface area contributed by atoms with Crippen molar-refractivity contribution in [2.45, 2.75) is 32.2 Å². The maximum Gasteiger partial charge on any atom is 0.303 e. The van der Waals surface area contributed by atoms with Gasteiger partial charge in [-0.3, -0.25) is 4.79 Å². The molecular formula is C22H20Cl2FN3O2. The van der Waals surface area contributed by atoms with E-state index >= 15 is 0 Å². The Morgan fingerprint density at radius 1 is 1.20 bits per heavy atom. The van der Waals surface area contributed by atoms with E-state index in [1.165, 1.54) is 12.4 Å². The van der Waals surface area contributed by atoms with Gasteiger partial charge < -0.3 is 10.0 Å². The Kier molecular flexibility index (Phi) is 5.80. The highest BCUT2D eigenvalue weighted by atomic mass is 35.5. The van der Waals surface area contributed by atoms with Crippen molar-refractivity contribution in [1.29, 1.82) is 0 Å². The quantitative estimate of drug-likeness (QED) is 0.545. The molecule has 0 bridgehead atoms. The SMILES string of the molecule is CC1CCC(CC(=O)O)CN1c1ncnc2c(F)ccc(-c3ccc(Cl)c(Cl)c3)c12. The van der Waals surface area contributed by atoms with E-state index in [-0.39, 0.29) is 23.9 Å². The van der Waals surface area contributed by atoms with Gasteiger partial charge in [-0.15, -0.1) is 0 Å². The van der Waals surface area contributed by atoms with Crippen LogP contribution in [0.15, 0.2) is 36.7 Å². The minimum absolute atomic E-state index is 0.00528. The van der Waals surface area contributed by atoms with E-state index in [0.29, 0.717) is 27.8 Å². The first kappa shape index (κ1) is 20.8. The van der Waals surface area contributed by atoms with Crippen molar-refractivity contribution in [3.8, 4) is 11.1 Å². The molecule has 1 aromatic heterocycles. The fourth-order valence-corrected chi connectivity index (χ4v) is 4.44. The van der Waals surface area contributed by atoms with Crippen LogP contribution in [0.2, 0.25) is 10.0 Å². The minimum Gasteiger partial charge on any atom is -0.481 e. The fourth-order valence-electron chi connectivity index (χ4n) is 4.14. The number of hydrogen-bond acceptors (Lipinski definition) is 4. The number of aliphatic carboxylic acids is 1. The second kappa shape index (κ2) is 8.36. The fraction of sp³-hybridized carbons (Fsp3) is 0.318. The maximum absolute atomic E-state index is 14.7. The van der Waals surface area contributed by atoms with Gasteiger partial charge in [0.1, 0.15) is 23.5 Å². The molecule has 8 heteroatoms. The van der Waals surface area contributed by atoms with Crippen molar-refractivity contribution in [2.75, 3.05) is 11.4 Å². The number of carbonyl (C=O) groups is 1. The molecule has 30 heavy (non-hydrogen) atoms. The summed E-state index contributed by atoms with van der Waals surface area (Å²) in [6, 6.07) is 8.46. The van der Waals surface area contributed by atoms with Gasteiger partial charge in [0.2, 0.25) is 0 Å². The van der Waals surface area contributed by atoms with Crippen molar-refractivity contribution < 1.29 is 14.3 Å². The molecule has 156 valence electrons.